The van der Waals surface area contributed by atoms with Crippen LogP contribution in [0.25, 0.3) is 0 Å². The normalized spacial score (nSPS) is 20.0. The van der Waals surface area contributed by atoms with E-state index in [9.17, 15) is 0 Å². The number of quaternary nitrogens is 2. The molecule has 3 aliphatic rings. The van der Waals surface area contributed by atoms with Gasteiger partial charge in [0.2, 0.25) is 11.1 Å². The summed E-state index contributed by atoms with van der Waals surface area (Å²) in [4.78, 5) is 0. The first-order valence-electron chi connectivity index (χ1n) is 22.8. The number of benzene rings is 2. The van der Waals surface area contributed by atoms with Crippen molar-refractivity contribution < 1.29 is 27.6 Å². The van der Waals surface area contributed by atoms with E-state index in [0.29, 0.717) is 5.92 Å². The zero-order chi connectivity index (χ0) is 41.7. The van der Waals surface area contributed by atoms with Crippen LogP contribution in [-0.2, 0) is 17.3 Å². The van der Waals surface area contributed by atoms with Gasteiger partial charge >= 0.3 is 6.03 Å². The molecule has 0 radical (unpaired) electrons. The van der Waals surface area contributed by atoms with Crippen LogP contribution in [0.1, 0.15) is 183 Å². The summed E-state index contributed by atoms with van der Waals surface area (Å²) in [7, 11) is 0. The van der Waals surface area contributed by atoms with Gasteiger partial charge in [-0.15, -0.1) is 0 Å². The van der Waals surface area contributed by atoms with Gasteiger partial charge in [0.25, 0.3) is 0 Å². The maximum atomic E-state index is 7.50. The molecule has 1 fully saturated rings. The number of rotatable bonds is 16. The highest BCUT2D eigenvalue weighted by Gasteiger charge is 2.83. The van der Waals surface area contributed by atoms with E-state index >= 15 is 0 Å². The molecule has 0 amide bonds. The molecule has 6 heteroatoms. The van der Waals surface area contributed by atoms with Crippen LogP contribution in [0.3, 0.4) is 0 Å². The molecular weight excluding hydrogens is 689 g/mol. The molecule has 1 atom stereocenters. The molecule has 56 heavy (non-hydrogen) atoms. The highest BCUT2D eigenvalue weighted by molar-refractivity contribution is 5.85. The van der Waals surface area contributed by atoms with E-state index in [1.165, 1.54) is 115 Å². The monoisotopic (exact) mass is 773 g/mol. The van der Waals surface area contributed by atoms with Crippen LogP contribution < -0.4 is 9.47 Å². The van der Waals surface area contributed by atoms with E-state index in [2.05, 4.69) is 164 Å². The van der Waals surface area contributed by atoms with E-state index in [1.807, 2.05) is 0 Å². The minimum Gasteiger partial charge on any atom is -0.340 e. The molecule has 1 saturated heterocycles. The van der Waals surface area contributed by atoms with Crippen molar-refractivity contribution in [3.8, 4) is 11.5 Å². The Hall–Kier alpha value is -2.70. The Morgan fingerprint density at radius 3 is 1.45 bits per heavy atom. The fourth-order valence-corrected chi connectivity index (χ4v) is 10.1. The Morgan fingerprint density at radius 2 is 1.04 bits per heavy atom. The summed E-state index contributed by atoms with van der Waals surface area (Å²) < 4.78 is 22.2. The summed E-state index contributed by atoms with van der Waals surface area (Å²) in [5.41, 5.74) is 6.92. The molecule has 0 saturated carbocycles. The summed E-state index contributed by atoms with van der Waals surface area (Å²) in [5, 5.41) is 0. The average molecular weight is 773 g/mol. The molecule has 312 valence electrons. The topological polar surface area (TPSA) is 24.5 Å². The Balaban J connectivity index is 1.63. The third kappa shape index (κ3) is 7.64. The average Bonchev–Trinajstić information content (AvgIpc) is 3.28. The van der Waals surface area contributed by atoms with E-state index in [4.69, 9.17) is 9.47 Å². The molecule has 0 aliphatic carbocycles. The van der Waals surface area contributed by atoms with Crippen molar-refractivity contribution >= 4 is 12.4 Å². The molecule has 1 unspecified atom stereocenters. The molecule has 3 heterocycles. The predicted molar refractivity (Wildman–Crippen MR) is 237 cm³/mol. The van der Waals surface area contributed by atoms with Crippen molar-refractivity contribution in [3.63, 3.8) is 0 Å². The van der Waals surface area contributed by atoms with Crippen molar-refractivity contribution in [3.05, 3.63) is 57.6 Å². The molecule has 0 N–H and O–H groups in total. The van der Waals surface area contributed by atoms with Crippen LogP contribution in [0.5, 0.6) is 11.5 Å². The van der Waals surface area contributed by atoms with Crippen molar-refractivity contribution in [2.24, 2.45) is 0 Å². The Kier molecular flexibility index (Phi) is 12.5. The highest BCUT2D eigenvalue weighted by atomic mass is 16.7. The first-order chi connectivity index (χ1) is 26.1. The third-order valence-electron chi connectivity index (χ3n) is 15.6. The van der Waals surface area contributed by atoms with E-state index in [0.717, 1.165) is 23.5 Å². The number of ether oxygens (including phenoxy) is 2. The van der Waals surface area contributed by atoms with Crippen molar-refractivity contribution in [2.75, 3.05) is 52.4 Å². The Labute approximate surface area is 344 Å². The second-order valence-electron chi connectivity index (χ2n) is 20.8. The fourth-order valence-electron chi connectivity index (χ4n) is 10.1. The molecular formula is C50H84N4O2+4. The van der Waals surface area contributed by atoms with E-state index in [-0.39, 0.29) is 21.9 Å². The summed E-state index contributed by atoms with van der Waals surface area (Å²) in [6.07, 6.45) is 10.6. The van der Waals surface area contributed by atoms with E-state index < -0.39 is 6.03 Å². The van der Waals surface area contributed by atoms with Crippen LogP contribution >= 0.6 is 0 Å². The fraction of sp³-hybridized carbons (Fsp3) is 0.720. The number of hydrogen-bond acceptors (Lipinski definition) is 2. The van der Waals surface area contributed by atoms with Crippen LogP contribution in [0.2, 0.25) is 0 Å². The van der Waals surface area contributed by atoms with Crippen LogP contribution in [0.4, 0.5) is 0 Å². The van der Waals surface area contributed by atoms with Gasteiger partial charge in [-0.05, 0) is 119 Å². The molecule has 6 nitrogen and oxygen atoms in total. The number of aryl methyl sites for hydroxylation is 1. The minimum atomic E-state index is -1.13. The number of fused-ring (bicyclic) bond motifs is 2. The smallest absolute Gasteiger partial charge is 0.340 e. The predicted octanol–water partition coefficient (Wildman–Crippen LogP) is 10.8. The highest BCUT2D eigenvalue weighted by Crippen LogP contribution is 2.52. The molecule has 2 aromatic carbocycles. The zero-order valence-electron chi connectivity index (χ0n) is 39.3. The second kappa shape index (κ2) is 15.8. The molecule has 0 bridgehead atoms. The largest absolute Gasteiger partial charge is 0.705 e. The first kappa shape index (κ1) is 44.4. The lowest BCUT2D eigenvalue weighted by molar-refractivity contribution is -0.923. The van der Waals surface area contributed by atoms with Gasteiger partial charge in [0, 0.05) is 33.3 Å². The SMILES string of the molecule is CCc1cc(C(CCC[N+](CC)(CC)CC)CCC[N+](CC)(CC)CC)cc2c1OC13Oc4c(cc(C(C)(C)C)cc4C(C)(C)C)C=[N+]1C(C)(C)C(C)(C)[N+]3=C2. The van der Waals surface area contributed by atoms with Crippen LogP contribution in [-0.4, -0.2) is 100 Å². The van der Waals surface area contributed by atoms with Gasteiger partial charge in [-0.25, -0.2) is 0 Å². The minimum absolute atomic E-state index is 0.0119. The second-order valence-corrected chi connectivity index (χ2v) is 20.8. The number of nitrogens with zero attached hydrogens (tertiary/aromatic N) is 4. The maximum Gasteiger partial charge on any atom is 0.705 e. The molecule has 5 rings (SSSR count). The first-order valence-corrected chi connectivity index (χ1v) is 22.8. The molecule has 1 spiro atoms. The quantitative estimate of drug-likeness (QED) is 0.125. The summed E-state index contributed by atoms with van der Waals surface area (Å²) in [6, 6.07) is 8.61. The third-order valence-corrected chi connectivity index (χ3v) is 15.6. The zero-order valence-corrected chi connectivity index (χ0v) is 39.3. The van der Waals surface area contributed by atoms with Crippen LogP contribution in [0, 0.1) is 0 Å². The van der Waals surface area contributed by atoms with Gasteiger partial charge in [-0.2, -0.15) is 0 Å². The molecule has 3 aliphatic heterocycles. The summed E-state index contributed by atoms with van der Waals surface area (Å²) in [6.45, 7) is 49.6. The maximum absolute atomic E-state index is 7.50. The lowest BCUT2D eigenvalue weighted by atomic mass is 9.78. The van der Waals surface area contributed by atoms with Gasteiger partial charge in [-0.3, -0.25) is 0 Å². The van der Waals surface area contributed by atoms with Gasteiger partial charge < -0.3 is 18.4 Å². The standard InChI is InChI=1S/C50H84N4O2/c1-18-37-31-39(38(27-25-29-53(19-2,20-3)21-4)28-26-30-54(22-5,23-6)24-7)32-40-35-51-48(14,15)49(16,17)52-36-41-33-42(46(8,9)10)34-43(47(11,12)13)45(41)56-50(51,52)55-44(37)40/h31-36,38H,18-30H2,1-17H3/q+4. The Morgan fingerprint density at radius 1 is 0.589 bits per heavy atom. The van der Waals surface area contributed by atoms with Crippen molar-refractivity contribution in [1.29, 1.82) is 0 Å². The van der Waals surface area contributed by atoms with Crippen LogP contribution in [0.15, 0.2) is 24.3 Å². The molecule has 2 aromatic rings. The lowest BCUT2D eigenvalue weighted by Gasteiger charge is -2.37. The van der Waals surface area contributed by atoms with Gasteiger partial charge in [0.05, 0.1) is 63.5 Å². The van der Waals surface area contributed by atoms with E-state index in [1.54, 1.807) is 0 Å². The summed E-state index contributed by atoms with van der Waals surface area (Å²) >= 11 is 0. The number of hydrogen-bond donors (Lipinski definition) is 0. The lowest BCUT2D eigenvalue weighted by Crippen LogP contribution is -2.61. The molecule has 0 aromatic heterocycles. The van der Waals surface area contributed by atoms with Gasteiger partial charge in [-0.1, -0.05) is 69.7 Å². The van der Waals surface area contributed by atoms with Crippen molar-refractivity contribution in [1.82, 2.24) is 0 Å². The Bertz CT molecular complexity index is 1750. The van der Waals surface area contributed by atoms with Gasteiger partial charge in [0.15, 0.2) is 23.9 Å². The van der Waals surface area contributed by atoms with Crippen molar-refractivity contribution in [2.45, 2.75) is 184 Å². The van der Waals surface area contributed by atoms with Gasteiger partial charge in [0.1, 0.15) is 0 Å². The summed E-state index contributed by atoms with van der Waals surface area (Å²) in [5.74, 6) is 2.43.